The van der Waals surface area contributed by atoms with Crippen molar-refractivity contribution in [2.75, 3.05) is 0 Å². The smallest absolute Gasteiger partial charge is 1.00 e. The summed E-state index contributed by atoms with van der Waals surface area (Å²) in [5.41, 5.74) is 12.2. The van der Waals surface area contributed by atoms with Gasteiger partial charge in [0.05, 0.1) is 0 Å². The average molecular weight is 344 g/mol. The van der Waals surface area contributed by atoms with Gasteiger partial charge in [-0.05, 0) is 85.8 Å². The molecule has 2 aromatic rings. The molecular weight excluding hydrogens is 314 g/mol. The third-order valence-corrected chi connectivity index (χ3v) is 5.71. The molecular formula is C25H30Li2. The van der Waals surface area contributed by atoms with E-state index in [9.17, 15) is 0 Å². The summed E-state index contributed by atoms with van der Waals surface area (Å²) in [7, 11) is 0. The number of aryl methyl sites for hydroxylation is 2. The van der Waals surface area contributed by atoms with Crippen LogP contribution in [0.1, 0.15) is 69.3 Å². The van der Waals surface area contributed by atoms with Crippen molar-refractivity contribution in [1.29, 1.82) is 0 Å². The van der Waals surface area contributed by atoms with E-state index < -0.39 is 0 Å². The molecule has 0 amide bonds. The van der Waals surface area contributed by atoms with Crippen molar-refractivity contribution < 1.29 is 40.6 Å². The first kappa shape index (κ1) is 22.4. The van der Waals surface area contributed by atoms with E-state index in [1.54, 1.807) is 16.7 Å². The normalized spacial score (nSPS) is 13.9. The Bertz CT molecular complexity index is 869. The molecule has 0 aromatic heterocycles. The third kappa shape index (κ3) is 5.14. The topological polar surface area (TPSA) is 0 Å². The predicted octanol–water partition coefficient (Wildman–Crippen LogP) is 0.794. The van der Waals surface area contributed by atoms with E-state index in [1.807, 2.05) is 0 Å². The second kappa shape index (κ2) is 10.1. The molecule has 2 aliphatic rings. The molecule has 0 aliphatic heterocycles. The van der Waals surface area contributed by atoms with E-state index >= 15 is 0 Å². The van der Waals surface area contributed by atoms with E-state index in [4.69, 9.17) is 0 Å². The maximum atomic E-state index is 2.40. The molecule has 0 bridgehead atoms. The van der Waals surface area contributed by atoms with Gasteiger partial charge in [-0.2, -0.15) is 0 Å². The van der Waals surface area contributed by atoms with Crippen LogP contribution in [0.2, 0.25) is 0 Å². The summed E-state index contributed by atoms with van der Waals surface area (Å²) >= 11 is 0. The number of unbranched alkanes of at least 4 members (excludes halogenated alkanes) is 2. The van der Waals surface area contributed by atoms with Crippen molar-refractivity contribution >= 4 is 12.2 Å². The number of allylic oxidation sites excluding steroid dienone is 2. The third-order valence-electron chi connectivity index (χ3n) is 5.71. The summed E-state index contributed by atoms with van der Waals surface area (Å²) in [5, 5.41) is 0. The Kier molecular flexibility index (Phi) is 8.34. The monoisotopic (exact) mass is 344 g/mol. The fourth-order valence-electron chi connectivity index (χ4n) is 4.46. The zero-order valence-corrected chi connectivity index (χ0v) is 17.6. The van der Waals surface area contributed by atoms with Crippen LogP contribution < -0.4 is 37.7 Å². The maximum absolute atomic E-state index is 2.40. The second-order valence-corrected chi connectivity index (χ2v) is 7.87. The SMILES string of the molecule is CC1=Cc2c(CCCCCc3cccc4c3CC(C)=C4)cccc2C1.[H-].[H-].[Li+].[Li+]. The fourth-order valence-corrected chi connectivity index (χ4v) is 4.46. The molecule has 0 saturated carbocycles. The minimum atomic E-state index is 0. The largest absolute Gasteiger partial charge is 1.00 e. The predicted molar refractivity (Wildman–Crippen MR) is 111 cm³/mol. The minimum Gasteiger partial charge on any atom is -1.00 e. The Morgan fingerprint density at radius 2 is 1.41 bits per heavy atom. The summed E-state index contributed by atoms with van der Waals surface area (Å²) in [5.74, 6) is 0. The molecule has 0 radical (unpaired) electrons. The van der Waals surface area contributed by atoms with Gasteiger partial charge in [0, 0.05) is 0 Å². The molecule has 0 atom stereocenters. The van der Waals surface area contributed by atoms with Crippen LogP contribution in [0, 0.1) is 0 Å². The molecule has 0 N–H and O–H groups in total. The van der Waals surface area contributed by atoms with Gasteiger partial charge < -0.3 is 2.85 Å². The Labute approximate surface area is 191 Å². The number of hydrogen-bond acceptors (Lipinski definition) is 0. The Hall–Kier alpha value is -0.885. The van der Waals surface area contributed by atoms with Crippen LogP contribution in [0.5, 0.6) is 0 Å². The van der Waals surface area contributed by atoms with Crippen LogP contribution in [-0.2, 0) is 25.7 Å². The van der Waals surface area contributed by atoms with Gasteiger partial charge in [-0.15, -0.1) is 0 Å². The molecule has 0 spiro atoms. The van der Waals surface area contributed by atoms with Crippen molar-refractivity contribution in [2.45, 2.75) is 58.8 Å². The zero-order chi connectivity index (χ0) is 17.2. The molecule has 0 nitrogen and oxygen atoms in total. The van der Waals surface area contributed by atoms with Gasteiger partial charge in [0.25, 0.3) is 0 Å². The maximum Gasteiger partial charge on any atom is 1.00 e. The molecule has 2 aromatic carbocycles. The van der Waals surface area contributed by atoms with E-state index in [1.165, 1.54) is 59.9 Å². The van der Waals surface area contributed by atoms with Gasteiger partial charge in [-0.3, -0.25) is 0 Å². The van der Waals surface area contributed by atoms with Crippen LogP contribution in [0.25, 0.3) is 12.2 Å². The molecule has 4 rings (SSSR count). The summed E-state index contributed by atoms with van der Waals surface area (Å²) in [6, 6.07) is 13.7. The molecule has 2 heteroatoms. The van der Waals surface area contributed by atoms with Gasteiger partial charge in [-0.25, -0.2) is 0 Å². The fraction of sp³-hybridized carbons (Fsp3) is 0.360. The summed E-state index contributed by atoms with van der Waals surface area (Å²) in [4.78, 5) is 0. The van der Waals surface area contributed by atoms with Crippen molar-refractivity contribution in [3.63, 3.8) is 0 Å². The Morgan fingerprint density at radius 3 is 2.22 bits per heavy atom. The molecule has 0 unspecified atom stereocenters. The van der Waals surface area contributed by atoms with Crippen molar-refractivity contribution in [3.05, 3.63) is 80.9 Å². The summed E-state index contributed by atoms with van der Waals surface area (Å²) < 4.78 is 0. The molecule has 2 aliphatic carbocycles. The van der Waals surface area contributed by atoms with E-state index in [0.717, 1.165) is 12.8 Å². The first-order valence-electron chi connectivity index (χ1n) is 9.76. The van der Waals surface area contributed by atoms with E-state index in [0.29, 0.717) is 0 Å². The van der Waals surface area contributed by atoms with Gasteiger partial charge in [0.2, 0.25) is 0 Å². The molecule has 0 saturated heterocycles. The zero-order valence-electron chi connectivity index (χ0n) is 19.6. The van der Waals surface area contributed by atoms with Crippen LogP contribution in [-0.4, -0.2) is 0 Å². The van der Waals surface area contributed by atoms with E-state index in [2.05, 4.69) is 62.4 Å². The van der Waals surface area contributed by atoms with Gasteiger partial charge in [0.15, 0.2) is 0 Å². The van der Waals surface area contributed by atoms with Crippen molar-refractivity contribution in [1.82, 2.24) is 0 Å². The Morgan fingerprint density at radius 1 is 0.741 bits per heavy atom. The first-order valence-corrected chi connectivity index (χ1v) is 9.76. The van der Waals surface area contributed by atoms with Gasteiger partial charge >= 0.3 is 37.7 Å². The average Bonchev–Trinajstić information content (AvgIpc) is 3.16. The van der Waals surface area contributed by atoms with Gasteiger partial charge in [0.1, 0.15) is 0 Å². The van der Waals surface area contributed by atoms with Crippen LogP contribution >= 0.6 is 0 Å². The van der Waals surface area contributed by atoms with Gasteiger partial charge in [-0.1, -0.05) is 66.1 Å². The van der Waals surface area contributed by atoms with Crippen LogP contribution in [0.4, 0.5) is 0 Å². The quantitative estimate of drug-likeness (QED) is 0.537. The second-order valence-electron chi connectivity index (χ2n) is 7.87. The number of benzene rings is 2. The van der Waals surface area contributed by atoms with Crippen molar-refractivity contribution in [3.8, 4) is 0 Å². The van der Waals surface area contributed by atoms with Crippen LogP contribution in [0.15, 0.2) is 47.5 Å². The standard InChI is InChI=1S/C25H28.2Li.2H/c1-18-14-22-12-6-10-20(24(22)16-18)8-4-3-5-9-21-11-7-13-23-15-19(2)17-25(21)23;;;;/h6-7,10-14,17H,3-5,8-9,15-16H2,1-2H3;;;;/q;2*+1;2*-1. The van der Waals surface area contributed by atoms with Crippen LogP contribution in [0.3, 0.4) is 0 Å². The first-order chi connectivity index (χ1) is 12.2. The molecule has 132 valence electrons. The molecule has 27 heavy (non-hydrogen) atoms. The van der Waals surface area contributed by atoms with Crippen molar-refractivity contribution in [2.24, 2.45) is 0 Å². The summed E-state index contributed by atoms with van der Waals surface area (Å²) in [6.45, 7) is 4.50. The minimum absolute atomic E-state index is 0. The summed E-state index contributed by atoms with van der Waals surface area (Å²) in [6.07, 6.45) is 13.4. The number of fused-ring (bicyclic) bond motifs is 2. The molecule has 0 fully saturated rings. The van der Waals surface area contributed by atoms with E-state index in [-0.39, 0.29) is 40.6 Å². The Balaban J connectivity index is 0.00000196. The number of rotatable bonds is 6. The number of hydrogen-bond donors (Lipinski definition) is 0. The molecule has 0 heterocycles.